The Hall–Kier alpha value is 0.220. The fourth-order valence-corrected chi connectivity index (χ4v) is 4.51. The zero-order chi connectivity index (χ0) is 11.5. The molecule has 0 amide bonds. The first-order valence-corrected chi connectivity index (χ1v) is 7.62. The van der Waals surface area contributed by atoms with Crippen LogP contribution in [0.3, 0.4) is 0 Å². The van der Waals surface area contributed by atoms with E-state index in [9.17, 15) is 0 Å². The maximum absolute atomic E-state index is 6.17. The molecule has 1 saturated heterocycles. The van der Waals surface area contributed by atoms with E-state index in [1.165, 1.54) is 5.75 Å². The highest BCUT2D eigenvalue weighted by atomic mass is 35.5. The molecular formula is C10H16ClN3S2. The molecule has 0 saturated carbocycles. The Morgan fingerprint density at radius 3 is 3.06 bits per heavy atom. The molecule has 6 heteroatoms. The van der Waals surface area contributed by atoms with Crippen molar-refractivity contribution in [3.05, 3.63) is 21.3 Å². The number of nitrogens with two attached hydrogens (primary N) is 1. The number of halogens is 1. The van der Waals surface area contributed by atoms with Crippen LogP contribution < -0.4 is 11.3 Å². The second-order valence-electron chi connectivity index (χ2n) is 3.90. The van der Waals surface area contributed by atoms with Gasteiger partial charge in [0.1, 0.15) is 0 Å². The van der Waals surface area contributed by atoms with Gasteiger partial charge in [0.25, 0.3) is 0 Å². The monoisotopic (exact) mass is 277 g/mol. The van der Waals surface area contributed by atoms with Gasteiger partial charge in [-0.2, -0.15) is 11.8 Å². The fourth-order valence-electron chi connectivity index (χ4n) is 1.95. The number of hydrogen-bond donors (Lipinski definition) is 2. The van der Waals surface area contributed by atoms with Crippen molar-refractivity contribution in [2.24, 2.45) is 5.84 Å². The quantitative estimate of drug-likeness (QED) is 0.655. The van der Waals surface area contributed by atoms with Crippen LogP contribution in [0, 0.1) is 0 Å². The highest BCUT2D eigenvalue weighted by molar-refractivity contribution is 7.99. The summed E-state index contributed by atoms with van der Waals surface area (Å²) in [5.74, 6) is 7.98. The Labute approximate surface area is 109 Å². The van der Waals surface area contributed by atoms with E-state index in [-0.39, 0.29) is 6.04 Å². The van der Waals surface area contributed by atoms with E-state index in [1.54, 1.807) is 11.3 Å². The number of thiophene rings is 1. The van der Waals surface area contributed by atoms with E-state index in [2.05, 4.69) is 17.4 Å². The Morgan fingerprint density at radius 1 is 1.69 bits per heavy atom. The van der Waals surface area contributed by atoms with Crippen LogP contribution in [-0.4, -0.2) is 36.0 Å². The highest BCUT2D eigenvalue weighted by Crippen LogP contribution is 2.33. The Bertz CT molecular complexity index is 345. The predicted molar refractivity (Wildman–Crippen MR) is 73.1 cm³/mol. The first-order chi connectivity index (χ1) is 7.74. The minimum Gasteiger partial charge on any atom is -0.300 e. The van der Waals surface area contributed by atoms with Gasteiger partial charge in [-0.3, -0.25) is 16.2 Å². The highest BCUT2D eigenvalue weighted by Gasteiger charge is 2.30. The van der Waals surface area contributed by atoms with Gasteiger partial charge in [-0.15, -0.1) is 11.3 Å². The molecule has 1 aliphatic rings. The van der Waals surface area contributed by atoms with E-state index in [0.29, 0.717) is 6.04 Å². The van der Waals surface area contributed by atoms with Crippen LogP contribution in [0.4, 0.5) is 0 Å². The first-order valence-electron chi connectivity index (χ1n) is 5.21. The summed E-state index contributed by atoms with van der Waals surface area (Å²) in [4.78, 5) is 3.50. The van der Waals surface area contributed by atoms with Gasteiger partial charge in [0.15, 0.2) is 0 Å². The Kier molecular flexibility index (Phi) is 4.52. The topological polar surface area (TPSA) is 41.3 Å². The zero-order valence-electron chi connectivity index (χ0n) is 9.15. The van der Waals surface area contributed by atoms with Crippen LogP contribution >= 0.6 is 34.7 Å². The maximum atomic E-state index is 6.17. The van der Waals surface area contributed by atoms with Crippen LogP contribution in [0.5, 0.6) is 0 Å². The average Bonchev–Trinajstić information content (AvgIpc) is 2.69. The van der Waals surface area contributed by atoms with Gasteiger partial charge in [0, 0.05) is 29.0 Å². The molecule has 0 bridgehead atoms. The minimum absolute atomic E-state index is 0.130. The van der Waals surface area contributed by atoms with Gasteiger partial charge in [0.05, 0.1) is 11.1 Å². The molecule has 0 radical (unpaired) electrons. The number of likely N-dealkylation sites (N-methyl/N-ethyl adjacent to an activating group) is 1. The summed E-state index contributed by atoms with van der Waals surface area (Å²) in [5.41, 5.74) is 2.92. The van der Waals surface area contributed by atoms with Crippen LogP contribution in [-0.2, 0) is 0 Å². The molecule has 2 unspecified atom stereocenters. The Morgan fingerprint density at radius 2 is 2.50 bits per heavy atom. The van der Waals surface area contributed by atoms with Crippen molar-refractivity contribution in [1.82, 2.24) is 10.3 Å². The number of nitrogens with zero attached hydrogens (tertiary/aromatic N) is 1. The molecule has 1 aliphatic heterocycles. The standard InChI is InChI=1S/C10H16ClN3S2/c1-14-3-5-15-6-8(14)9(13-12)10-7(11)2-4-16-10/h2,4,8-9,13H,3,5-6,12H2,1H3. The third-order valence-electron chi connectivity index (χ3n) is 2.93. The van der Waals surface area contributed by atoms with Gasteiger partial charge in [-0.05, 0) is 18.5 Å². The van der Waals surface area contributed by atoms with Gasteiger partial charge < -0.3 is 0 Å². The molecule has 0 spiro atoms. The van der Waals surface area contributed by atoms with Crippen molar-refractivity contribution in [1.29, 1.82) is 0 Å². The molecule has 2 atom stereocenters. The molecule has 90 valence electrons. The van der Waals surface area contributed by atoms with Crippen molar-refractivity contribution >= 4 is 34.7 Å². The lowest BCUT2D eigenvalue weighted by atomic mass is 10.1. The molecule has 2 heterocycles. The minimum atomic E-state index is 0.130. The van der Waals surface area contributed by atoms with Crippen LogP contribution in [0.15, 0.2) is 11.4 Å². The smallest absolute Gasteiger partial charge is 0.0731 e. The second kappa shape index (κ2) is 5.71. The summed E-state index contributed by atoms with van der Waals surface area (Å²) in [6.45, 7) is 1.11. The number of rotatable bonds is 3. The zero-order valence-corrected chi connectivity index (χ0v) is 11.5. The van der Waals surface area contributed by atoms with E-state index < -0.39 is 0 Å². The summed E-state index contributed by atoms with van der Waals surface area (Å²) in [6, 6.07) is 2.48. The number of thioether (sulfide) groups is 1. The summed E-state index contributed by atoms with van der Waals surface area (Å²) >= 11 is 9.82. The lowest BCUT2D eigenvalue weighted by molar-refractivity contribution is 0.218. The van der Waals surface area contributed by atoms with E-state index in [4.69, 9.17) is 17.4 Å². The molecule has 1 aromatic heterocycles. The largest absolute Gasteiger partial charge is 0.300 e. The van der Waals surface area contributed by atoms with Gasteiger partial charge in [0.2, 0.25) is 0 Å². The molecule has 16 heavy (non-hydrogen) atoms. The van der Waals surface area contributed by atoms with Gasteiger partial charge in [-0.25, -0.2) is 0 Å². The third kappa shape index (κ3) is 2.55. The van der Waals surface area contributed by atoms with E-state index >= 15 is 0 Å². The molecule has 3 nitrogen and oxygen atoms in total. The molecule has 0 aliphatic carbocycles. The van der Waals surface area contributed by atoms with Crippen molar-refractivity contribution in [3.8, 4) is 0 Å². The SMILES string of the molecule is CN1CCSCC1C(NN)c1sccc1Cl. The number of nitrogens with one attached hydrogen (secondary N) is 1. The molecule has 3 N–H and O–H groups in total. The van der Waals surface area contributed by atoms with E-state index in [1.807, 2.05) is 23.2 Å². The third-order valence-corrected chi connectivity index (χ3v) is 5.42. The molecular weight excluding hydrogens is 262 g/mol. The molecule has 2 rings (SSSR count). The van der Waals surface area contributed by atoms with Crippen molar-refractivity contribution in [2.75, 3.05) is 25.1 Å². The van der Waals surface area contributed by atoms with Crippen molar-refractivity contribution < 1.29 is 0 Å². The molecule has 1 fully saturated rings. The summed E-state index contributed by atoms with van der Waals surface area (Å²) in [7, 11) is 2.15. The summed E-state index contributed by atoms with van der Waals surface area (Å²) in [6.07, 6.45) is 0. The maximum Gasteiger partial charge on any atom is 0.0731 e. The second-order valence-corrected chi connectivity index (χ2v) is 6.40. The van der Waals surface area contributed by atoms with Gasteiger partial charge in [-0.1, -0.05) is 11.6 Å². The normalized spacial score (nSPS) is 24.6. The molecule has 0 aromatic carbocycles. The predicted octanol–water partition coefficient (Wildman–Crippen LogP) is 1.95. The summed E-state index contributed by atoms with van der Waals surface area (Å²) in [5, 5.41) is 2.83. The Balaban J connectivity index is 2.18. The van der Waals surface area contributed by atoms with Crippen molar-refractivity contribution in [2.45, 2.75) is 12.1 Å². The van der Waals surface area contributed by atoms with Gasteiger partial charge >= 0.3 is 0 Å². The van der Waals surface area contributed by atoms with Crippen LogP contribution in [0.1, 0.15) is 10.9 Å². The lowest BCUT2D eigenvalue weighted by Crippen LogP contribution is -2.49. The van der Waals surface area contributed by atoms with Crippen LogP contribution in [0.2, 0.25) is 5.02 Å². The molecule has 1 aromatic rings. The lowest BCUT2D eigenvalue weighted by Gasteiger charge is -2.37. The average molecular weight is 278 g/mol. The van der Waals surface area contributed by atoms with Crippen LogP contribution in [0.25, 0.3) is 0 Å². The van der Waals surface area contributed by atoms with E-state index in [0.717, 1.165) is 22.2 Å². The van der Waals surface area contributed by atoms with Crippen molar-refractivity contribution in [3.63, 3.8) is 0 Å². The first kappa shape index (κ1) is 12.7. The number of hydrogen-bond acceptors (Lipinski definition) is 5. The number of hydrazine groups is 1. The summed E-state index contributed by atoms with van der Waals surface area (Å²) < 4.78 is 0. The fraction of sp³-hybridized carbons (Fsp3) is 0.600.